The van der Waals surface area contributed by atoms with Crippen LogP contribution in [0.4, 0.5) is 4.39 Å². The summed E-state index contributed by atoms with van der Waals surface area (Å²) in [7, 11) is 0. The number of carbonyl (C=O) groups excluding carboxylic acids is 2. The molecule has 1 saturated carbocycles. The summed E-state index contributed by atoms with van der Waals surface area (Å²) in [5, 5.41) is 14.8. The fourth-order valence-electron chi connectivity index (χ4n) is 2.65. The number of hydrogen-bond donors (Lipinski definition) is 3. The van der Waals surface area contributed by atoms with Gasteiger partial charge in [0.15, 0.2) is 0 Å². The predicted octanol–water partition coefficient (Wildman–Crippen LogP) is 0.0379. The first-order valence-electron chi connectivity index (χ1n) is 6.56. The van der Waals surface area contributed by atoms with Crippen LogP contribution >= 0.6 is 0 Å². The normalized spacial score (nSPS) is 27.0. The summed E-state index contributed by atoms with van der Waals surface area (Å²) in [5.74, 6) is -2.52. The average Bonchev–Trinajstić information content (AvgIpc) is 3.09. The first-order chi connectivity index (χ1) is 9.53. The molecule has 2 fully saturated rings. The van der Waals surface area contributed by atoms with Gasteiger partial charge in [0.05, 0.1) is 11.6 Å². The Kier molecular flexibility index (Phi) is 2.97. The number of aliphatic hydroxyl groups is 1. The maximum absolute atomic E-state index is 13.8. The number of β-amino-alcohol motifs (C(OH)–C–C–N with tert-alkyl or cyclic N) is 1. The van der Waals surface area contributed by atoms with Crippen LogP contribution in [-0.4, -0.2) is 29.6 Å². The van der Waals surface area contributed by atoms with E-state index in [2.05, 4.69) is 10.6 Å². The number of rotatable bonds is 3. The van der Waals surface area contributed by atoms with Gasteiger partial charge in [-0.2, -0.15) is 0 Å². The van der Waals surface area contributed by atoms with E-state index in [1.54, 1.807) is 18.2 Å². The number of amides is 2. The van der Waals surface area contributed by atoms with Crippen LogP contribution in [0.15, 0.2) is 24.3 Å². The lowest BCUT2D eigenvalue weighted by molar-refractivity contribution is -0.136. The number of carbonyl (C=O) groups is 2. The van der Waals surface area contributed by atoms with E-state index in [1.807, 2.05) is 0 Å². The number of hydrogen-bond acceptors (Lipinski definition) is 3. The van der Waals surface area contributed by atoms with E-state index in [4.69, 9.17) is 0 Å². The molecule has 2 aliphatic rings. The van der Waals surface area contributed by atoms with E-state index >= 15 is 0 Å². The van der Waals surface area contributed by atoms with Gasteiger partial charge in [0, 0.05) is 12.1 Å². The summed E-state index contributed by atoms with van der Waals surface area (Å²) in [4.78, 5) is 23.7. The Balaban J connectivity index is 1.79. The van der Waals surface area contributed by atoms with Gasteiger partial charge in [0.25, 0.3) is 0 Å². The summed E-state index contributed by atoms with van der Waals surface area (Å²) in [6.07, 6.45) is 0.229. The largest absolute Gasteiger partial charge is 0.390 e. The Bertz CT molecular complexity index is 571. The standard InChI is InChI=1S/C14H15FN2O3/c15-9-4-2-1-3-8(9)14(5-6-14)17-13(20)11-10(18)7-16-12(11)19/h1-4,10-11,18H,5-7H2,(H,16,19)(H,17,20). The molecular weight excluding hydrogens is 263 g/mol. The van der Waals surface area contributed by atoms with Crippen molar-refractivity contribution in [1.82, 2.24) is 10.6 Å². The second kappa shape index (κ2) is 4.56. The quantitative estimate of drug-likeness (QED) is 0.683. The first-order valence-corrected chi connectivity index (χ1v) is 6.56. The third-order valence-electron chi connectivity index (χ3n) is 3.94. The van der Waals surface area contributed by atoms with Crippen molar-refractivity contribution in [2.45, 2.75) is 24.5 Å². The average molecular weight is 278 g/mol. The van der Waals surface area contributed by atoms with E-state index in [0.717, 1.165) is 0 Å². The van der Waals surface area contributed by atoms with Crippen molar-refractivity contribution in [3.63, 3.8) is 0 Å². The molecular formula is C14H15FN2O3. The van der Waals surface area contributed by atoms with Gasteiger partial charge in [0.1, 0.15) is 11.7 Å². The maximum atomic E-state index is 13.8. The van der Waals surface area contributed by atoms with Crippen LogP contribution in [-0.2, 0) is 15.1 Å². The van der Waals surface area contributed by atoms with Crippen molar-refractivity contribution in [3.8, 4) is 0 Å². The lowest BCUT2D eigenvalue weighted by Crippen LogP contribution is -2.44. The van der Waals surface area contributed by atoms with E-state index in [1.165, 1.54) is 6.07 Å². The highest BCUT2D eigenvalue weighted by molar-refractivity contribution is 6.02. The zero-order valence-electron chi connectivity index (χ0n) is 10.7. The highest BCUT2D eigenvalue weighted by Crippen LogP contribution is 2.46. The molecule has 0 spiro atoms. The van der Waals surface area contributed by atoms with Crippen molar-refractivity contribution in [1.29, 1.82) is 0 Å². The molecule has 2 atom stereocenters. The molecule has 6 heteroatoms. The SMILES string of the molecule is O=C1NCC(O)C1C(=O)NC1(c2ccccc2F)CC1. The van der Waals surface area contributed by atoms with Gasteiger partial charge in [-0.25, -0.2) is 4.39 Å². The molecule has 106 valence electrons. The molecule has 1 aromatic carbocycles. The molecule has 0 radical (unpaired) electrons. The zero-order chi connectivity index (χ0) is 14.3. The van der Waals surface area contributed by atoms with Crippen molar-refractivity contribution in [2.75, 3.05) is 6.54 Å². The van der Waals surface area contributed by atoms with Crippen LogP contribution in [0.1, 0.15) is 18.4 Å². The van der Waals surface area contributed by atoms with Crippen LogP contribution in [0, 0.1) is 11.7 Å². The van der Waals surface area contributed by atoms with E-state index < -0.39 is 29.4 Å². The van der Waals surface area contributed by atoms with Crippen molar-refractivity contribution in [3.05, 3.63) is 35.6 Å². The Morgan fingerprint density at radius 3 is 2.65 bits per heavy atom. The Morgan fingerprint density at radius 2 is 2.10 bits per heavy atom. The predicted molar refractivity (Wildman–Crippen MR) is 68.0 cm³/mol. The third-order valence-corrected chi connectivity index (χ3v) is 3.94. The smallest absolute Gasteiger partial charge is 0.236 e. The Morgan fingerprint density at radius 1 is 1.40 bits per heavy atom. The maximum Gasteiger partial charge on any atom is 0.236 e. The van der Waals surface area contributed by atoms with Gasteiger partial charge in [-0.3, -0.25) is 9.59 Å². The number of aliphatic hydroxyl groups excluding tert-OH is 1. The van der Waals surface area contributed by atoms with Crippen LogP contribution < -0.4 is 10.6 Å². The molecule has 1 aliphatic heterocycles. The van der Waals surface area contributed by atoms with Gasteiger partial charge in [-0.1, -0.05) is 18.2 Å². The summed E-state index contributed by atoms with van der Waals surface area (Å²) in [5.41, 5.74) is -0.299. The van der Waals surface area contributed by atoms with Crippen LogP contribution in [0.25, 0.3) is 0 Å². The summed E-state index contributed by atoms with van der Waals surface area (Å²) in [6.45, 7) is 0.0730. The molecule has 0 aromatic heterocycles. The van der Waals surface area contributed by atoms with Crippen LogP contribution in [0.3, 0.4) is 0 Å². The van der Waals surface area contributed by atoms with E-state index in [9.17, 15) is 19.1 Å². The van der Waals surface area contributed by atoms with Crippen LogP contribution in [0.2, 0.25) is 0 Å². The molecule has 1 aliphatic carbocycles. The summed E-state index contributed by atoms with van der Waals surface area (Å²) in [6, 6.07) is 6.28. The highest BCUT2D eigenvalue weighted by Gasteiger charge is 2.50. The molecule has 3 rings (SSSR count). The minimum absolute atomic E-state index is 0.0730. The third kappa shape index (κ3) is 2.06. The second-order valence-electron chi connectivity index (χ2n) is 5.34. The minimum atomic E-state index is -1.11. The van der Waals surface area contributed by atoms with Crippen molar-refractivity contribution < 1.29 is 19.1 Å². The van der Waals surface area contributed by atoms with Crippen molar-refractivity contribution >= 4 is 11.8 Å². The fourth-order valence-corrected chi connectivity index (χ4v) is 2.65. The van der Waals surface area contributed by atoms with Crippen molar-refractivity contribution in [2.24, 2.45) is 5.92 Å². The zero-order valence-corrected chi connectivity index (χ0v) is 10.7. The van der Waals surface area contributed by atoms with Gasteiger partial charge < -0.3 is 15.7 Å². The minimum Gasteiger partial charge on any atom is -0.390 e. The Hall–Kier alpha value is -1.95. The lowest BCUT2D eigenvalue weighted by Gasteiger charge is -2.21. The molecule has 3 N–H and O–H groups in total. The van der Waals surface area contributed by atoms with E-state index in [-0.39, 0.29) is 12.4 Å². The molecule has 1 heterocycles. The number of benzene rings is 1. The molecule has 0 bridgehead atoms. The van der Waals surface area contributed by atoms with Gasteiger partial charge in [-0.15, -0.1) is 0 Å². The lowest BCUT2D eigenvalue weighted by atomic mass is 10.0. The van der Waals surface area contributed by atoms with Gasteiger partial charge in [-0.05, 0) is 18.9 Å². The van der Waals surface area contributed by atoms with Gasteiger partial charge in [0.2, 0.25) is 11.8 Å². The van der Waals surface area contributed by atoms with Gasteiger partial charge >= 0.3 is 0 Å². The topological polar surface area (TPSA) is 78.4 Å². The Labute approximate surface area is 115 Å². The second-order valence-corrected chi connectivity index (χ2v) is 5.34. The van der Waals surface area contributed by atoms with E-state index in [0.29, 0.717) is 18.4 Å². The molecule has 1 saturated heterocycles. The summed E-state index contributed by atoms with van der Waals surface area (Å²) >= 11 is 0. The molecule has 2 amide bonds. The molecule has 2 unspecified atom stereocenters. The summed E-state index contributed by atoms with van der Waals surface area (Å²) < 4.78 is 13.8. The molecule has 5 nitrogen and oxygen atoms in total. The van der Waals surface area contributed by atoms with Crippen LogP contribution in [0.5, 0.6) is 0 Å². The first kappa shape index (κ1) is 13.1. The number of halogens is 1. The molecule has 20 heavy (non-hydrogen) atoms. The fraction of sp³-hybridized carbons (Fsp3) is 0.429. The number of nitrogens with one attached hydrogen (secondary N) is 2. The molecule has 1 aromatic rings. The highest BCUT2D eigenvalue weighted by atomic mass is 19.1. The monoisotopic (exact) mass is 278 g/mol.